The minimum atomic E-state index is 0.904. The van der Waals surface area contributed by atoms with E-state index in [0.717, 1.165) is 29.7 Å². The summed E-state index contributed by atoms with van der Waals surface area (Å²) in [6.45, 7) is 2.04. The van der Waals surface area contributed by atoms with Crippen molar-refractivity contribution in [2.45, 2.75) is 38.6 Å². The van der Waals surface area contributed by atoms with E-state index in [2.05, 4.69) is 32.5 Å². The van der Waals surface area contributed by atoms with Gasteiger partial charge in [0.25, 0.3) is 0 Å². The monoisotopic (exact) mass is 249 g/mol. The summed E-state index contributed by atoms with van der Waals surface area (Å²) in [5.74, 6) is 0.980. The summed E-state index contributed by atoms with van der Waals surface area (Å²) in [7, 11) is 0. The van der Waals surface area contributed by atoms with Crippen molar-refractivity contribution in [2.24, 2.45) is 5.92 Å². The first kappa shape index (κ1) is 11.2. The van der Waals surface area contributed by atoms with E-state index < -0.39 is 0 Å². The molecule has 1 saturated carbocycles. The van der Waals surface area contributed by atoms with Crippen molar-refractivity contribution >= 4 is 16.3 Å². The fourth-order valence-corrected chi connectivity index (χ4v) is 3.40. The Kier molecular flexibility index (Phi) is 3.43. The van der Waals surface area contributed by atoms with Crippen LogP contribution in [0.5, 0.6) is 0 Å². The van der Waals surface area contributed by atoms with Crippen LogP contribution in [0, 0.1) is 5.92 Å². The summed E-state index contributed by atoms with van der Waals surface area (Å²) < 4.78 is 2.10. The fourth-order valence-electron chi connectivity index (χ4n) is 2.68. The highest BCUT2D eigenvalue weighted by atomic mass is 32.1. The molecule has 0 bridgehead atoms. The molecule has 3 nitrogen and oxygen atoms in total. The topological polar surface area (TPSA) is 29.3 Å². The molecule has 1 aliphatic rings. The lowest BCUT2D eigenvalue weighted by molar-refractivity contribution is 0.476. The van der Waals surface area contributed by atoms with Gasteiger partial charge in [0, 0.05) is 24.3 Å². The lowest BCUT2D eigenvalue weighted by Crippen LogP contribution is -2.17. The summed E-state index contributed by atoms with van der Waals surface area (Å²) in [4.78, 5) is 5.66. The Morgan fingerprint density at radius 1 is 1.41 bits per heavy atom. The van der Waals surface area contributed by atoms with Gasteiger partial charge in [0.1, 0.15) is 0 Å². The second kappa shape index (κ2) is 5.19. The maximum atomic E-state index is 4.56. The van der Waals surface area contributed by atoms with Gasteiger partial charge in [0.2, 0.25) is 0 Å². The molecule has 0 spiro atoms. The highest BCUT2D eigenvalue weighted by Gasteiger charge is 2.13. The number of aromatic nitrogens is 2. The quantitative estimate of drug-likeness (QED) is 0.825. The molecule has 3 rings (SSSR count). The van der Waals surface area contributed by atoms with E-state index in [1.165, 1.54) is 32.1 Å². The Labute approximate surface area is 106 Å². The third-order valence-electron chi connectivity index (χ3n) is 3.65. The molecular formula is C13H19N3S. The Morgan fingerprint density at radius 2 is 2.29 bits per heavy atom. The van der Waals surface area contributed by atoms with E-state index in [1.807, 2.05) is 0 Å². The Morgan fingerprint density at radius 3 is 3.12 bits per heavy atom. The third kappa shape index (κ3) is 2.69. The van der Waals surface area contributed by atoms with Gasteiger partial charge in [0.15, 0.2) is 4.96 Å². The lowest BCUT2D eigenvalue weighted by Gasteiger charge is -2.08. The van der Waals surface area contributed by atoms with Gasteiger partial charge >= 0.3 is 0 Å². The minimum Gasteiger partial charge on any atom is -0.311 e. The van der Waals surface area contributed by atoms with E-state index >= 15 is 0 Å². The molecule has 0 aromatic carbocycles. The molecular weight excluding hydrogens is 230 g/mol. The van der Waals surface area contributed by atoms with Crippen molar-refractivity contribution in [3.8, 4) is 0 Å². The van der Waals surface area contributed by atoms with Gasteiger partial charge in [-0.1, -0.05) is 25.7 Å². The van der Waals surface area contributed by atoms with Crippen molar-refractivity contribution in [2.75, 3.05) is 6.54 Å². The van der Waals surface area contributed by atoms with E-state index in [4.69, 9.17) is 0 Å². The number of rotatable bonds is 5. The van der Waals surface area contributed by atoms with Crippen LogP contribution in [0.2, 0.25) is 0 Å². The van der Waals surface area contributed by atoms with Crippen LogP contribution in [0.4, 0.5) is 0 Å². The van der Waals surface area contributed by atoms with Gasteiger partial charge in [-0.05, 0) is 18.9 Å². The normalized spacial score (nSPS) is 17.2. The van der Waals surface area contributed by atoms with Crippen LogP contribution in [0.3, 0.4) is 0 Å². The van der Waals surface area contributed by atoms with Gasteiger partial charge in [-0.15, -0.1) is 11.3 Å². The zero-order chi connectivity index (χ0) is 11.5. The number of nitrogens with one attached hydrogen (secondary N) is 1. The number of hydrogen-bond donors (Lipinski definition) is 1. The summed E-state index contributed by atoms with van der Waals surface area (Å²) >= 11 is 1.69. The molecule has 0 aliphatic heterocycles. The number of hydrogen-bond acceptors (Lipinski definition) is 3. The number of imidazole rings is 1. The molecule has 92 valence electrons. The SMILES string of the molecule is c1cn2cc(CNCCC3CCCC3)nc2s1. The van der Waals surface area contributed by atoms with Crippen LogP contribution in [-0.2, 0) is 6.54 Å². The predicted molar refractivity (Wildman–Crippen MR) is 71.4 cm³/mol. The second-order valence-electron chi connectivity index (χ2n) is 4.94. The van der Waals surface area contributed by atoms with Crippen LogP contribution in [0.15, 0.2) is 17.8 Å². The van der Waals surface area contributed by atoms with Crippen molar-refractivity contribution in [3.63, 3.8) is 0 Å². The third-order valence-corrected chi connectivity index (χ3v) is 4.42. The van der Waals surface area contributed by atoms with Gasteiger partial charge < -0.3 is 5.32 Å². The summed E-state index contributed by atoms with van der Waals surface area (Å²) in [6, 6.07) is 0. The van der Waals surface area contributed by atoms with E-state index in [9.17, 15) is 0 Å². The molecule has 1 N–H and O–H groups in total. The molecule has 2 aromatic rings. The molecule has 1 aliphatic carbocycles. The fraction of sp³-hybridized carbons (Fsp3) is 0.615. The van der Waals surface area contributed by atoms with Crippen LogP contribution in [0.25, 0.3) is 4.96 Å². The zero-order valence-corrected chi connectivity index (χ0v) is 10.9. The summed E-state index contributed by atoms with van der Waals surface area (Å²) in [5.41, 5.74) is 1.16. The largest absolute Gasteiger partial charge is 0.311 e. The molecule has 0 radical (unpaired) electrons. The van der Waals surface area contributed by atoms with Gasteiger partial charge in [0.05, 0.1) is 5.69 Å². The van der Waals surface area contributed by atoms with E-state index in [-0.39, 0.29) is 0 Å². The summed E-state index contributed by atoms with van der Waals surface area (Å²) in [5, 5.41) is 5.58. The number of thiazole rings is 1. The number of fused-ring (bicyclic) bond motifs is 1. The smallest absolute Gasteiger partial charge is 0.193 e. The molecule has 4 heteroatoms. The standard InChI is InChI=1S/C13H19N3S/c1-2-4-11(3-1)5-6-14-9-12-10-16-7-8-17-13(16)15-12/h7-8,10-11,14H,1-6,9H2. The Bertz CT molecular complexity index is 439. The molecule has 17 heavy (non-hydrogen) atoms. The second-order valence-corrected chi connectivity index (χ2v) is 5.81. The van der Waals surface area contributed by atoms with Crippen LogP contribution in [0.1, 0.15) is 37.8 Å². The van der Waals surface area contributed by atoms with Crippen LogP contribution in [-0.4, -0.2) is 15.9 Å². The molecule has 0 saturated heterocycles. The van der Waals surface area contributed by atoms with Gasteiger partial charge in [-0.2, -0.15) is 0 Å². The van der Waals surface area contributed by atoms with E-state index in [0.29, 0.717) is 0 Å². The molecule has 0 unspecified atom stereocenters. The first-order valence-corrected chi connectivity index (χ1v) is 7.41. The molecule has 0 atom stereocenters. The Hall–Kier alpha value is -0.870. The van der Waals surface area contributed by atoms with Crippen LogP contribution < -0.4 is 5.32 Å². The molecule has 2 aromatic heterocycles. The Balaban J connectivity index is 1.43. The molecule has 0 amide bonds. The van der Waals surface area contributed by atoms with Gasteiger partial charge in [-0.3, -0.25) is 4.40 Å². The van der Waals surface area contributed by atoms with Crippen molar-refractivity contribution in [1.29, 1.82) is 0 Å². The molecule has 2 heterocycles. The highest BCUT2D eigenvalue weighted by Crippen LogP contribution is 2.26. The van der Waals surface area contributed by atoms with Crippen LogP contribution >= 0.6 is 11.3 Å². The van der Waals surface area contributed by atoms with Crippen molar-refractivity contribution < 1.29 is 0 Å². The average Bonchev–Trinajstić information content (AvgIpc) is 3.00. The first-order valence-electron chi connectivity index (χ1n) is 6.53. The molecule has 1 fully saturated rings. The predicted octanol–water partition coefficient (Wildman–Crippen LogP) is 3.07. The van der Waals surface area contributed by atoms with E-state index in [1.54, 1.807) is 11.3 Å². The van der Waals surface area contributed by atoms with Crippen molar-refractivity contribution in [3.05, 3.63) is 23.5 Å². The highest BCUT2D eigenvalue weighted by molar-refractivity contribution is 7.15. The maximum Gasteiger partial charge on any atom is 0.193 e. The lowest BCUT2D eigenvalue weighted by atomic mass is 10.0. The zero-order valence-electron chi connectivity index (χ0n) is 10.1. The summed E-state index contributed by atoms with van der Waals surface area (Å²) in [6.07, 6.45) is 11.3. The van der Waals surface area contributed by atoms with Crippen molar-refractivity contribution in [1.82, 2.24) is 14.7 Å². The minimum absolute atomic E-state index is 0.904. The maximum absolute atomic E-state index is 4.56. The first-order chi connectivity index (χ1) is 8.42. The van der Waals surface area contributed by atoms with Gasteiger partial charge in [-0.25, -0.2) is 4.98 Å². The average molecular weight is 249 g/mol. The number of nitrogens with zero attached hydrogens (tertiary/aromatic N) is 2.